The quantitative estimate of drug-likeness (QED) is 0.863. The predicted molar refractivity (Wildman–Crippen MR) is 84.6 cm³/mol. The fourth-order valence-corrected chi connectivity index (χ4v) is 2.31. The lowest BCUT2D eigenvalue weighted by atomic mass is 9.98. The SMILES string of the molecule is CC(C)(Cc1ccccc1)OC(=O)c1ccccc1C(N)=O. The molecule has 0 saturated carbocycles. The van der Waals surface area contributed by atoms with Gasteiger partial charge in [-0.3, -0.25) is 4.79 Å². The van der Waals surface area contributed by atoms with Crippen molar-refractivity contribution in [2.45, 2.75) is 25.9 Å². The molecule has 0 aliphatic carbocycles. The summed E-state index contributed by atoms with van der Waals surface area (Å²) >= 11 is 0. The van der Waals surface area contributed by atoms with Crippen LogP contribution in [-0.4, -0.2) is 17.5 Å². The Kier molecular flexibility index (Phi) is 4.61. The summed E-state index contributed by atoms with van der Waals surface area (Å²) in [4.78, 5) is 23.7. The van der Waals surface area contributed by atoms with Crippen molar-refractivity contribution in [2.75, 3.05) is 0 Å². The molecule has 114 valence electrons. The first-order chi connectivity index (χ1) is 10.4. The smallest absolute Gasteiger partial charge is 0.339 e. The van der Waals surface area contributed by atoms with Crippen molar-refractivity contribution in [2.24, 2.45) is 5.73 Å². The number of hydrogen-bond donors (Lipinski definition) is 1. The van der Waals surface area contributed by atoms with Gasteiger partial charge in [-0.2, -0.15) is 0 Å². The molecule has 0 unspecified atom stereocenters. The number of ether oxygens (including phenoxy) is 1. The standard InChI is InChI=1S/C18H19NO3/c1-18(2,12-13-8-4-3-5-9-13)22-17(21)15-11-7-6-10-14(15)16(19)20/h3-11H,12H2,1-2H3,(H2,19,20). The Labute approximate surface area is 129 Å². The minimum atomic E-state index is -0.691. The van der Waals surface area contributed by atoms with E-state index in [1.54, 1.807) is 18.2 Å². The molecule has 0 bridgehead atoms. The maximum absolute atomic E-state index is 12.3. The number of carbonyl (C=O) groups is 2. The first-order valence-electron chi connectivity index (χ1n) is 7.05. The van der Waals surface area contributed by atoms with E-state index in [1.165, 1.54) is 6.07 Å². The van der Waals surface area contributed by atoms with Gasteiger partial charge in [0.15, 0.2) is 0 Å². The van der Waals surface area contributed by atoms with Crippen molar-refractivity contribution in [3.63, 3.8) is 0 Å². The fraction of sp³-hybridized carbons (Fsp3) is 0.222. The summed E-state index contributed by atoms with van der Waals surface area (Å²) in [5, 5.41) is 0. The highest BCUT2D eigenvalue weighted by Crippen LogP contribution is 2.20. The molecule has 0 aromatic heterocycles. The van der Waals surface area contributed by atoms with Gasteiger partial charge in [0.25, 0.3) is 0 Å². The lowest BCUT2D eigenvalue weighted by Gasteiger charge is -2.25. The first kappa shape index (κ1) is 15.8. The van der Waals surface area contributed by atoms with Crippen molar-refractivity contribution in [1.29, 1.82) is 0 Å². The summed E-state index contributed by atoms with van der Waals surface area (Å²) in [6.07, 6.45) is 0.582. The number of primary amides is 1. The second kappa shape index (κ2) is 6.43. The molecular weight excluding hydrogens is 278 g/mol. The van der Waals surface area contributed by atoms with E-state index in [9.17, 15) is 9.59 Å². The first-order valence-corrected chi connectivity index (χ1v) is 7.05. The Bertz CT molecular complexity index is 678. The van der Waals surface area contributed by atoms with Crippen LogP contribution in [0.25, 0.3) is 0 Å². The maximum atomic E-state index is 12.3. The van der Waals surface area contributed by atoms with E-state index in [-0.39, 0.29) is 11.1 Å². The van der Waals surface area contributed by atoms with Gasteiger partial charge in [-0.25, -0.2) is 4.79 Å². The van der Waals surface area contributed by atoms with Crippen LogP contribution >= 0.6 is 0 Å². The predicted octanol–water partition coefficient (Wildman–Crippen LogP) is 2.96. The number of rotatable bonds is 5. The van der Waals surface area contributed by atoms with Crippen LogP contribution in [0.1, 0.15) is 40.1 Å². The summed E-state index contributed by atoms with van der Waals surface area (Å²) in [6.45, 7) is 3.68. The van der Waals surface area contributed by atoms with Crippen LogP contribution in [0.15, 0.2) is 54.6 Å². The minimum absolute atomic E-state index is 0.169. The summed E-state index contributed by atoms with van der Waals surface area (Å²) in [6, 6.07) is 16.2. The van der Waals surface area contributed by atoms with E-state index in [0.29, 0.717) is 6.42 Å². The Balaban J connectivity index is 2.16. The van der Waals surface area contributed by atoms with E-state index in [0.717, 1.165) is 5.56 Å². The van der Waals surface area contributed by atoms with Crippen LogP contribution in [0.4, 0.5) is 0 Å². The van der Waals surface area contributed by atoms with Gasteiger partial charge >= 0.3 is 5.97 Å². The van der Waals surface area contributed by atoms with Crippen LogP contribution in [0.2, 0.25) is 0 Å². The van der Waals surface area contributed by atoms with Crippen LogP contribution in [0, 0.1) is 0 Å². The normalized spacial score (nSPS) is 11.0. The van der Waals surface area contributed by atoms with Crippen LogP contribution in [-0.2, 0) is 11.2 Å². The zero-order valence-electron chi connectivity index (χ0n) is 12.7. The molecule has 0 fully saturated rings. The van der Waals surface area contributed by atoms with Gasteiger partial charge in [0, 0.05) is 6.42 Å². The number of carbonyl (C=O) groups excluding carboxylic acids is 2. The highest BCUT2D eigenvalue weighted by atomic mass is 16.6. The summed E-state index contributed by atoms with van der Waals surface area (Å²) in [7, 11) is 0. The fourth-order valence-electron chi connectivity index (χ4n) is 2.31. The highest BCUT2D eigenvalue weighted by molar-refractivity contribution is 6.04. The molecule has 4 heteroatoms. The monoisotopic (exact) mass is 297 g/mol. The zero-order valence-corrected chi connectivity index (χ0v) is 12.7. The van der Waals surface area contributed by atoms with Crippen molar-refractivity contribution in [3.05, 3.63) is 71.3 Å². The molecule has 2 aromatic rings. The van der Waals surface area contributed by atoms with E-state index < -0.39 is 17.5 Å². The molecule has 0 spiro atoms. The van der Waals surface area contributed by atoms with Crippen LogP contribution < -0.4 is 5.73 Å². The number of hydrogen-bond acceptors (Lipinski definition) is 3. The van der Waals surface area contributed by atoms with Gasteiger partial charge in [-0.1, -0.05) is 42.5 Å². The molecule has 2 rings (SSSR count). The number of amides is 1. The maximum Gasteiger partial charge on any atom is 0.339 e. The van der Waals surface area contributed by atoms with Crippen LogP contribution in [0.5, 0.6) is 0 Å². The molecule has 4 nitrogen and oxygen atoms in total. The molecule has 22 heavy (non-hydrogen) atoms. The Hall–Kier alpha value is -2.62. The molecule has 0 aliphatic heterocycles. The van der Waals surface area contributed by atoms with Gasteiger partial charge < -0.3 is 10.5 Å². The van der Waals surface area contributed by atoms with Crippen molar-refractivity contribution in [1.82, 2.24) is 0 Å². The lowest BCUT2D eigenvalue weighted by molar-refractivity contribution is -0.000813. The topological polar surface area (TPSA) is 69.4 Å². The molecule has 0 saturated heterocycles. The third-order valence-corrected chi connectivity index (χ3v) is 3.25. The molecule has 1 amide bonds. The van der Waals surface area contributed by atoms with E-state index >= 15 is 0 Å². The molecule has 2 N–H and O–H groups in total. The summed E-state index contributed by atoms with van der Waals surface area (Å²) < 4.78 is 5.57. The van der Waals surface area contributed by atoms with Crippen LogP contribution in [0.3, 0.4) is 0 Å². The van der Waals surface area contributed by atoms with E-state index in [2.05, 4.69) is 0 Å². The number of benzene rings is 2. The zero-order chi connectivity index (χ0) is 16.2. The molecule has 0 radical (unpaired) electrons. The molecular formula is C18H19NO3. The van der Waals surface area contributed by atoms with Gasteiger partial charge in [0.2, 0.25) is 5.91 Å². The van der Waals surface area contributed by atoms with Gasteiger partial charge in [-0.05, 0) is 31.5 Å². The summed E-state index contributed by atoms with van der Waals surface area (Å²) in [5.41, 5.74) is 6.03. The summed E-state index contributed by atoms with van der Waals surface area (Å²) in [5.74, 6) is -1.19. The van der Waals surface area contributed by atoms with Crippen molar-refractivity contribution in [3.8, 4) is 0 Å². The molecule has 0 atom stereocenters. The Morgan fingerprint density at radius 1 is 0.955 bits per heavy atom. The lowest BCUT2D eigenvalue weighted by Crippen LogP contribution is -2.31. The average Bonchev–Trinajstić information content (AvgIpc) is 2.47. The van der Waals surface area contributed by atoms with E-state index in [4.69, 9.17) is 10.5 Å². The number of esters is 1. The van der Waals surface area contributed by atoms with Gasteiger partial charge in [-0.15, -0.1) is 0 Å². The Morgan fingerprint density at radius 2 is 1.50 bits per heavy atom. The molecule has 0 aliphatic rings. The third kappa shape index (κ3) is 3.95. The largest absolute Gasteiger partial charge is 0.456 e. The minimum Gasteiger partial charge on any atom is -0.456 e. The second-order valence-electron chi connectivity index (χ2n) is 5.72. The highest BCUT2D eigenvalue weighted by Gasteiger charge is 2.26. The number of nitrogens with two attached hydrogens (primary N) is 1. The van der Waals surface area contributed by atoms with Gasteiger partial charge in [0.05, 0.1) is 11.1 Å². The molecule has 2 aromatic carbocycles. The van der Waals surface area contributed by atoms with Crippen molar-refractivity contribution >= 4 is 11.9 Å². The second-order valence-corrected chi connectivity index (χ2v) is 5.72. The average molecular weight is 297 g/mol. The third-order valence-electron chi connectivity index (χ3n) is 3.25. The van der Waals surface area contributed by atoms with Gasteiger partial charge in [0.1, 0.15) is 5.60 Å². The Morgan fingerprint density at radius 3 is 2.09 bits per heavy atom. The molecule has 0 heterocycles. The van der Waals surface area contributed by atoms with E-state index in [1.807, 2.05) is 44.2 Å². The van der Waals surface area contributed by atoms with Crippen molar-refractivity contribution < 1.29 is 14.3 Å².